The Morgan fingerprint density at radius 1 is 1.14 bits per heavy atom. The van der Waals surface area contributed by atoms with E-state index in [2.05, 4.69) is 5.32 Å². The molecule has 1 aliphatic heterocycles. The van der Waals surface area contributed by atoms with Crippen LogP contribution in [0.25, 0.3) is 22.0 Å². The van der Waals surface area contributed by atoms with E-state index in [9.17, 15) is 24.2 Å². The zero-order valence-electron chi connectivity index (χ0n) is 20.9. The maximum Gasteiger partial charge on any atom is 0.306 e. The number of fused-ring (bicyclic) bond motifs is 3. The van der Waals surface area contributed by atoms with Crippen LogP contribution in [0.2, 0.25) is 0 Å². The first-order chi connectivity index (χ1) is 17.4. The third-order valence-corrected chi connectivity index (χ3v) is 7.70. The molecule has 2 aromatic carbocycles. The highest BCUT2D eigenvalue weighted by molar-refractivity contribution is 6.05. The number of aliphatic carboxylic acids is 1. The van der Waals surface area contributed by atoms with E-state index in [1.54, 1.807) is 16.7 Å². The second-order valence-electron chi connectivity index (χ2n) is 11.1. The van der Waals surface area contributed by atoms with Crippen molar-refractivity contribution in [1.82, 2.24) is 4.57 Å². The first kappa shape index (κ1) is 25.4. The highest BCUT2D eigenvalue weighted by Crippen LogP contribution is 2.44. The Balaban J connectivity index is 1.64. The van der Waals surface area contributed by atoms with Gasteiger partial charge in [-0.05, 0) is 73.4 Å². The van der Waals surface area contributed by atoms with Crippen molar-refractivity contribution in [1.29, 1.82) is 0 Å². The smallest absolute Gasteiger partial charge is 0.306 e. The summed E-state index contributed by atoms with van der Waals surface area (Å²) in [6, 6.07) is 7.15. The molecule has 0 amide bonds. The number of carboxylic acid groups (broad SMARTS) is 1. The van der Waals surface area contributed by atoms with Crippen molar-refractivity contribution in [2.45, 2.75) is 64.6 Å². The van der Waals surface area contributed by atoms with Crippen LogP contribution in [-0.4, -0.2) is 32.7 Å². The SMILES string of the molecule is CC1(C)CC(=O)n2c(c(-c3cc(F)c(C(N)O)c(NC4CCC(C(=O)O)CC4)c3)c3ccc(F)cc32)C1. The molecule has 5 rings (SSSR count). The first-order valence-corrected chi connectivity index (χ1v) is 12.6. The topological polar surface area (TPSA) is 118 Å². The van der Waals surface area contributed by atoms with E-state index in [1.165, 1.54) is 18.2 Å². The highest BCUT2D eigenvalue weighted by atomic mass is 19.1. The summed E-state index contributed by atoms with van der Waals surface area (Å²) in [5.74, 6) is -2.53. The Morgan fingerprint density at radius 3 is 2.49 bits per heavy atom. The number of aromatic nitrogens is 1. The Morgan fingerprint density at radius 2 is 1.84 bits per heavy atom. The molecule has 0 saturated heterocycles. The van der Waals surface area contributed by atoms with Crippen molar-refractivity contribution in [3.8, 4) is 11.1 Å². The quantitative estimate of drug-likeness (QED) is 0.350. The van der Waals surface area contributed by atoms with Crippen LogP contribution in [-0.2, 0) is 11.2 Å². The summed E-state index contributed by atoms with van der Waals surface area (Å²) in [6.07, 6.45) is 1.42. The number of aliphatic hydroxyl groups is 1. The van der Waals surface area contributed by atoms with Gasteiger partial charge in [0.15, 0.2) is 0 Å². The summed E-state index contributed by atoms with van der Waals surface area (Å²) in [5, 5.41) is 23.4. The van der Waals surface area contributed by atoms with Crippen LogP contribution >= 0.6 is 0 Å². The number of anilines is 1. The molecular weight excluding hydrogens is 480 g/mol. The molecule has 37 heavy (non-hydrogen) atoms. The summed E-state index contributed by atoms with van der Waals surface area (Å²) >= 11 is 0. The summed E-state index contributed by atoms with van der Waals surface area (Å²) in [5.41, 5.74) is 7.90. The van der Waals surface area contributed by atoms with Gasteiger partial charge in [-0.1, -0.05) is 13.8 Å². The van der Waals surface area contributed by atoms with Gasteiger partial charge in [0.1, 0.15) is 17.9 Å². The molecule has 1 aliphatic carbocycles. The van der Waals surface area contributed by atoms with Gasteiger partial charge in [-0.15, -0.1) is 0 Å². The maximum absolute atomic E-state index is 15.5. The number of carbonyl (C=O) groups is 2. The van der Waals surface area contributed by atoms with Gasteiger partial charge in [-0.25, -0.2) is 8.78 Å². The van der Waals surface area contributed by atoms with E-state index in [0.29, 0.717) is 71.9 Å². The predicted octanol–water partition coefficient (Wildman–Crippen LogP) is 5.20. The van der Waals surface area contributed by atoms with Crippen LogP contribution in [0.1, 0.15) is 68.2 Å². The fraction of sp³-hybridized carbons (Fsp3) is 0.429. The average molecular weight is 512 g/mol. The van der Waals surface area contributed by atoms with Crippen molar-refractivity contribution in [3.05, 3.63) is 53.2 Å². The standard InChI is InChI=1S/C28H31F2N3O4/c1-28(2)12-22-24(18-8-5-16(29)11-21(18)33(22)23(34)13-28)15-9-19(30)25(26(31)35)20(10-15)32-17-6-3-14(4-7-17)27(36)37/h5,8-11,14,17,26,32,35H,3-4,6-7,12-13,31H2,1-2H3,(H,36,37). The number of carbonyl (C=O) groups excluding carboxylic acids is 1. The van der Waals surface area contributed by atoms with Crippen LogP contribution in [0.3, 0.4) is 0 Å². The van der Waals surface area contributed by atoms with Crippen LogP contribution in [0.15, 0.2) is 30.3 Å². The maximum atomic E-state index is 15.5. The van der Waals surface area contributed by atoms with Crippen molar-refractivity contribution in [2.75, 3.05) is 5.32 Å². The number of rotatable bonds is 5. The number of nitrogens with one attached hydrogen (secondary N) is 1. The Kier molecular flexibility index (Phi) is 6.32. The van der Waals surface area contributed by atoms with E-state index >= 15 is 4.39 Å². The molecule has 1 saturated carbocycles. The minimum atomic E-state index is -1.57. The lowest BCUT2D eigenvalue weighted by molar-refractivity contribution is -0.142. The molecule has 1 unspecified atom stereocenters. The largest absolute Gasteiger partial charge is 0.481 e. The lowest BCUT2D eigenvalue weighted by atomic mass is 9.80. The molecule has 2 aliphatic rings. The second kappa shape index (κ2) is 9.22. The molecule has 1 aromatic heterocycles. The summed E-state index contributed by atoms with van der Waals surface area (Å²) < 4.78 is 31.3. The molecule has 0 bridgehead atoms. The molecule has 0 radical (unpaired) electrons. The first-order valence-electron chi connectivity index (χ1n) is 12.6. The molecule has 1 atom stereocenters. The van der Waals surface area contributed by atoms with Gasteiger partial charge in [0.25, 0.3) is 0 Å². The van der Waals surface area contributed by atoms with E-state index in [0.717, 1.165) is 0 Å². The zero-order chi connectivity index (χ0) is 26.6. The van der Waals surface area contributed by atoms with Gasteiger partial charge < -0.3 is 21.3 Å². The number of hydrogen-bond donors (Lipinski definition) is 4. The third kappa shape index (κ3) is 4.62. The Bertz CT molecular complexity index is 1400. The number of halogens is 2. The molecular formula is C28H31F2N3O4. The third-order valence-electron chi connectivity index (χ3n) is 7.70. The molecule has 0 spiro atoms. The van der Waals surface area contributed by atoms with Gasteiger partial charge in [-0.2, -0.15) is 0 Å². The van der Waals surface area contributed by atoms with Crippen LogP contribution in [0.4, 0.5) is 14.5 Å². The normalized spacial score (nSPS) is 22.1. The van der Waals surface area contributed by atoms with Gasteiger partial charge in [0.05, 0.1) is 17.0 Å². The number of hydrogen-bond acceptors (Lipinski definition) is 5. The minimum absolute atomic E-state index is 0.0797. The van der Waals surface area contributed by atoms with E-state index in [1.807, 2.05) is 13.8 Å². The predicted molar refractivity (Wildman–Crippen MR) is 136 cm³/mol. The molecule has 5 N–H and O–H groups in total. The molecule has 2 heterocycles. The zero-order valence-corrected chi connectivity index (χ0v) is 20.9. The fourth-order valence-electron chi connectivity index (χ4n) is 5.98. The lowest BCUT2D eigenvalue weighted by Crippen LogP contribution is -2.31. The number of benzene rings is 2. The minimum Gasteiger partial charge on any atom is -0.481 e. The van der Waals surface area contributed by atoms with Gasteiger partial charge in [0, 0.05) is 34.8 Å². The molecule has 196 valence electrons. The Hall–Kier alpha value is -3.30. The number of nitrogens with zero attached hydrogens (tertiary/aromatic N) is 1. The highest BCUT2D eigenvalue weighted by Gasteiger charge is 2.36. The second-order valence-corrected chi connectivity index (χ2v) is 11.1. The molecule has 1 fully saturated rings. The van der Waals surface area contributed by atoms with E-state index in [-0.39, 0.29) is 22.9 Å². The van der Waals surface area contributed by atoms with E-state index in [4.69, 9.17) is 5.73 Å². The monoisotopic (exact) mass is 511 g/mol. The van der Waals surface area contributed by atoms with Crippen molar-refractivity contribution >= 4 is 28.5 Å². The van der Waals surface area contributed by atoms with Crippen LogP contribution in [0.5, 0.6) is 0 Å². The summed E-state index contributed by atoms with van der Waals surface area (Å²) in [6.45, 7) is 3.98. The van der Waals surface area contributed by atoms with Crippen LogP contribution in [0, 0.1) is 23.0 Å². The molecule has 7 nitrogen and oxygen atoms in total. The summed E-state index contributed by atoms with van der Waals surface area (Å²) in [7, 11) is 0. The summed E-state index contributed by atoms with van der Waals surface area (Å²) in [4.78, 5) is 24.5. The number of aliphatic hydroxyl groups excluding tert-OH is 1. The van der Waals surface area contributed by atoms with Crippen molar-refractivity contribution in [2.24, 2.45) is 17.1 Å². The van der Waals surface area contributed by atoms with Gasteiger partial charge in [0.2, 0.25) is 5.91 Å². The average Bonchev–Trinajstić information content (AvgIpc) is 3.10. The van der Waals surface area contributed by atoms with Crippen LogP contribution < -0.4 is 11.1 Å². The molecule has 9 heteroatoms. The van der Waals surface area contributed by atoms with Crippen molar-refractivity contribution < 1.29 is 28.6 Å². The molecule has 3 aromatic rings. The van der Waals surface area contributed by atoms with Crippen molar-refractivity contribution in [3.63, 3.8) is 0 Å². The fourth-order valence-corrected chi connectivity index (χ4v) is 5.98. The number of carboxylic acids is 1. The lowest BCUT2D eigenvalue weighted by Gasteiger charge is -2.31. The van der Waals surface area contributed by atoms with Gasteiger partial charge >= 0.3 is 5.97 Å². The van der Waals surface area contributed by atoms with Gasteiger partial charge in [-0.3, -0.25) is 14.2 Å². The van der Waals surface area contributed by atoms with E-state index < -0.39 is 29.7 Å². The number of nitrogens with two attached hydrogens (primary N) is 1. The Labute approximate surface area is 213 Å².